The highest BCUT2D eigenvalue weighted by molar-refractivity contribution is 5.95. The van der Waals surface area contributed by atoms with Crippen LogP contribution in [0, 0.1) is 11.3 Å². The maximum Gasteiger partial charge on any atom is 0.128 e. The fourth-order valence-electron chi connectivity index (χ4n) is 5.99. The summed E-state index contributed by atoms with van der Waals surface area (Å²) in [4.78, 5) is 19.0. The summed E-state index contributed by atoms with van der Waals surface area (Å²) >= 11 is 0. The third-order valence-electron chi connectivity index (χ3n) is 7.91. The first-order valence-electron chi connectivity index (χ1n) is 13.8. The molecule has 1 N–H and O–H groups in total. The number of nitrogens with zero attached hydrogens (tertiary/aromatic N) is 7. The van der Waals surface area contributed by atoms with Crippen molar-refractivity contribution in [2.24, 2.45) is 0 Å². The van der Waals surface area contributed by atoms with Gasteiger partial charge in [-0.05, 0) is 43.3 Å². The Bertz CT molecular complexity index is 1280. The van der Waals surface area contributed by atoms with Crippen molar-refractivity contribution in [2.75, 3.05) is 86.7 Å². The van der Waals surface area contributed by atoms with Crippen molar-refractivity contribution in [1.82, 2.24) is 20.2 Å². The van der Waals surface area contributed by atoms with Gasteiger partial charge in [0.2, 0.25) is 0 Å². The Morgan fingerprint density at radius 3 is 2.55 bits per heavy atom. The second-order valence-electron chi connectivity index (χ2n) is 10.5. The van der Waals surface area contributed by atoms with Crippen molar-refractivity contribution in [3.05, 3.63) is 54.4 Å². The van der Waals surface area contributed by atoms with Gasteiger partial charge in [-0.1, -0.05) is 0 Å². The van der Waals surface area contributed by atoms with E-state index in [1.165, 1.54) is 5.69 Å². The molecule has 3 saturated heterocycles. The van der Waals surface area contributed by atoms with Gasteiger partial charge in [0.25, 0.3) is 0 Å². The molecule has 2 aromatic heterocycles. The summed E-state index contributed by atoms with van der Waals surface area (Å²) in [6, 6.07) is 14.6. The molecule has 0 spiro atoms. The quantitative estimate of drug-likeness (QED) is 0.554. The molecule has 0 unspecified atom stereocenters. The predicted molar refractivity (Wildman–Crippen MR) is 151 cm³/mol. The molecule has 3 aliphatic heterocycles. The second kappa shape index (κ2) is 11.1. The number of hydrogen-bond donors (Lipinski definition) is 1. The molecule has 9 heteroatoms. The first kappa shape index (κ1) is 24.9. The summed E-state index contributed by atoms with van der Waals surface area (Å²) in [6.45, 7) is 12.8. The lowest BCUT2D eigenvalue weighted by atomic mass is 10.1. The first-order valence-corrected chi connectivity index (χ1v) is 13.8. The number of fused-ring (bicyclic) bond motifs is 1. The molecule has 198 valence electrons. The van der Waals surface area contributed by atoms with Crippen LogP contribution in [0.2, 0.25) is 0 Å². The van der Waals surface area contributed by atoms with E-state index in [1.807, 2.05) is 18.3 Å². The van der Waals surface area contributed by atoms with E-state index in [-0.39, 0.29) is 12.2 Å². The fraction of sp³-hybridized carbons (Fsp3) is 0.483. The van der Waals surface area contributed by atoms with E-state index < -0.39 is 0 Å². The molecular formula is C29H36N8O. The zero-order valence-corrected chi connectivity index (χ0v) is 22.1. The SMILES string of the molecule is C[C@@H]1CN(c2ccc(C#N)c3ncccc23)C[C@H](CN2CCN(c3ccc(N4CCNCC4)cn3)CC2)O1. The minimum atomic E-state index is 0.129. The van der Waals surface area contributed by atoms with E-state index in [0.717, 1.165) is 94.4 Å². The summed E-state index contributed by atoms with van der Waals surface area (Å²) in [7, 11) is 0. The molecule has 0 radical (unpaired) electrons. The van der Waals surface area contributed by atoms with E-state index in [2.05, 4.69) is 67.2 Å². The Morgan fingerprint density at radius 2 is 1.79 bits per heavy atom. The number of morpholine rings is 1. The molecule has 9 nitrogen and oxygen atoms in total. The second-order valence-corrected chi connectivity index (χ2v) is 10.5. The molecule has 3 aromatic rings. The number of ether oxygens (including phenoxy) is 1. The van der Waals surface area contributed by atoms with Gasteiger partial charge < -0.3 is 24.8 Å². The molecule has 3 fully saturated rings. The number of piperazine rings is 2. The highest BCUT2D eigenvalue weighted by Gasteiger charge is 2.29. The third kappa shape index (κ3) is 5.25. The maximum absolute atomic E-state index is 9.52. The molecular weight excluding hydrogens is 476 g/mol. The molecule has 2 atom stereocenters. The van der Waals surface area contributed by atoms with Crippen molar-refractivity contribution < 1.29 is 4.74 Å². The van der Waals surface area contributed by atoms with Gasteiger partial charge in [-0.3, -0.25) is 9.88 Å². The zero-order valence-electron chi connectivity index (χ0n) is 22.1. The molecule has 0 saturated carbocycles. The lowest BCUT2D eigenvalue weighted by molar-refractivity contribution is -0.0327. The average Bonchev–Trinajstić information content (AvgIpc) is 2.97. The number of nitriles is 1. The first-order chi connectivity index (χ1) is 18.7. The molecule has 1 aromatic carbocycles. The molecule has 0 bridgehead atoms. The van der Waals surface area contributed by atoms with Gasteiger partial charge in [0.1, 0.15) is 11.9 Å². The predicted octanol–water partition coefficient (Wildman–Crippen LogP) is 2.33. The minimum absolute atomic E-state index is 0.129. The monoisotopic (exact) mass is 512 g/mol. The number of benzene rings is 1. The smallest absolute Gasteiger partial charge is 0.128 e. The largest absolute Gasteiger partial charge is 0.370 e. The topological polar surface area (TPSA) is 83.8 Å². The van der Waals surface area contributed by atoms with Crippen LogP contribution in [0.15, 0.2) is 48.8 Å². The van der Waals surface area contributed by atoms with Crippen LogP contribution >= 0.6 is 0 Å². The minimum Gasteiger partial charge on any atom is -0.370 e. The Balaban J connectivity index is 1.07. The van der Waals surface area contributed by atoms with Crippen LogP contribution < -0.4 is 20.0 Å². The van der Waals surface area contributed by atoms with Crippen molar-refractivity contribution in [3.8, 4) is 6.07 Å². The van der Waals surface area contributed by atoms with Crippen LogP contribution in [-0.2, 0) is 4.74 Å². The fourth-order valence-corrected chi connectivity index (χ4v) is 5.99. The number of pyridine rings is 2. The number of nitrogens with one attached hydrogen (secondary N) is 1. The highest BCUT2D eigenvalue weighted by atomic mass is 16.5. The Morgan fingerprint density at radius 1 is 0.947 bits per heavy atom. The van der Waals surface area contributed by atoms with Crippen LogP contribution in [0.4, 0.5) is 17.2 Å². The van der Waals surface area contributed by atoms with Crippen molar-refractivity contribution in [1.29, 1.82) is 5.26 Å². The summed E-state index contributed by atoms with van der Waals surface area (Å²) in [5, 5.41) is 14.0. The number of hydrogen-bond acceptors (Lipinski definition) is 9. The number of anilines is 3. The van der Waals surface area contributed by atoms with Crippen LogP contribution in [0.25, 0.3) is 10.9 Å². The Hall–Kier alpha value is -3.45. The van der Waals surface area contributed by atoms with Crippen LogP contribution in [0.5, 0.6) is 0 Å². The average molecular weight is 513 g/mol. The Labute approximate surface area is 224 Å². The molecule has 38 heavy (non-hydrogen) atoms. The lowest BCUT2D eigenvalue weighted by Gasteiger charge is -2.42. The van der Waals surface area contributed by atoms with E-state index in [4.69, 9.17) is 9.72 Å². The standard InChI is InChI=1S/C29H36N8O/c1-22-19-37(27-6-4-23(17-30)29-26(27)3-2-8-32-29)21-25(38-22)20-34-13-15-36(16-14-34)28-7-5-24(18-33-28)35-11-9-31-10-12-35/h2-8,18,22,25,31H,9-16,19-21H2,1H3/t22-,25+/m1/s1. The molecule has 3 aliphatic rings. The highest BCUT2D eigenvalue weighted by Crippen LogP contribution is 2.30. The third-order valence-corrected chi connectivity index (χ3v) is 7.91. The van der Waals surface area contributed by atoms with Gasteiger partial charge in [0.05, 0.1) is 35.2 Å². The van der Waals surface area contributed by atoms with Crippen LogP contribution in [0.3, 0.4) is 0 Å². The van der Waals surface area contributed by atoms with E-state index in [0.29, 0.717) is 5.56 Å². The number of rotatable bonds is 5. The molecule has 5 heterocycles. The van der Waals surface area contributed by atoms with Gasteiger partial charge in [0.15, 0.2) is 0 Å². The van der Waals surface area contributed by atoms with Gasteiger partial charge >= 0.3 is 0 Å². The molecule has 0 amide bonds. The van der Waals surface area contributed by atoms with E-state index in [1.54, 1.807) is 6.20 Å². The van der Waals surface area contributed by atoms with Crippen molar-refractivity contribution >= 4 is 28.1 Å². The lowest BCUT2D eigenvalue weighted by Crippen LogP contribution is -2.54. The van der Waals surface area contributed by atoms with Crippen molar-refractivity contribution in [2.45, 2.75) is 19.1 Å². The summed E-state index contributed by atoms with van der Waals surface area (Å²) in [5.41, 5.74) is 3.74. The summed E-state index contributed by atoms with van der Waals surface area (Å²) < 4.78 is 6.39. The summed E-state index contributed by atoms with van der Waals surface area (Å²) in [6.07, 6.45) is 4.05. The maximum atomic E-state index is 9.52. The molecule has 6 rings (SSSR count). The van der Waals surface area contributed by atoms with Crippen LogP contribution in [0.1, 0.15) is 12.5 Å². The van der Waals surface area contributed by atoms with Gasteiger partial charge in [-0.25, -0.2) is 4.98 Å². The Kier molecular flexibility index (Phi) is 7.27. The van der Waals surface area contributed by atoms with Crippen LogP contribution in [-0.4, -0.2) is 99.1 Å². The number of aromatic nitrogens is 2. The molecule has 0 aliphatic carbocycles. The van der Waals surface area contributed by atoms with Gasteiger partial charge in [-0.2, -0.15) is 5.26 Å². The van der Waals surface area contributed by atoms with E-state index in [9.17, 15) is 5.26 Å². The zero-order chi connectivity index (χ0) is 25.9. The van der Waals surface area contributed by atoms with Gasteiger partial charge in [-0.15, -0.1) is 0 Å². The van der Waals surface area contributed by atoms with Gasteiger partial charge in [0, 0.05) is 89.3 Å². The summed E-state index contributed by atoms with van der Waals surface area (Å²) in [5.74, 6) is 1.07. The normalized spacial score (nSPS) is 23.0. The van der Waals surface area contributed by atoms with E-state index >= 15 is 0 Å². The van der Waals surface area contributed by atoms with Crippen molar-refractivity contribution in [3.63, 3.8) is 0 Å².